The van der Waals surface area contributed by atoms with Gasteiger partial charge < -0.3 is 16.0 Å². The van der Waals surface area contributed by atoms with Crippen LogP contribution in [0.25, 0.3) is 0 Å². The second-order valence-corrected chi connectivity index (χ2v) is 7.68. The number of unbranched alkanes of at least 4 members (excludes halogenated alkanes) is 6. The fraction of sp³-hybridized carbons (Fsp3) is 1.00. The minimum absolute atomic E-state index is 0.00950. The fourth-order valence-electron chi connectivity index (χ4n) is 2.61. The van der Waals surface area contributed by atoms with Gasteiger partial charge in [-0.25, -0.2) is 0 Å². The highest BCUT2D eigenvalue weighted by molar-refractivity contribution is 4.90. The molecule has 0 saturated carbocycles. The van der Waals surface area contributed by atoms with Crippen LogP contribution in [0.15, 0.2) is 0 Å². The molecule has 22 heavy (non-hydrogen) atoms. The first-order valence-electron chi connectivity index (χ1n) is 9.46. The molecule has 3 N–H and O–H groups in total. The lowest BCUT2D eigenvalue weighted by Crippen LogP contribution is -2.63. The molecule has 0 aliphatic heterocycles. The van der Waals surface area contributed by atoms with Crippen LogP contribution in [0.2, 0.25) is 0 Å². The number of rotatable bonds is 14. The minimum atomic E-state index is 0.00950. The number of hydrogen-bond acceptors (Lipinski definition) is 3. The molecular weight excluding hydrogens is 270 g/mol. The Hall–Kier alpha value is -0.120. The highest BCUT2D eigenvalue weighted by Gasteiger charge is 2.29. The van der Waals surface area contributed by atoms with E-state index in [9.17, 15) is 0 Å². The first-order chi connectivity index (χ1) is 10.3. The Morgan fingerprint density at radius 3 is 1.77 bits per heavy atom. The monoisotopic (exact) mass is 313 g/mol. The van der Waals surface area contributed by atoms with E-state index in [-0.39, 0.29) is 11.2 Å². The quantitative estimate of drug-likeness (QED) is 0.331. The fourth-order valence-corrected chi connectivity index (χ4v) is 2.61. The van der Waals surface area contributed by atoms with E-state index >= 15 is 0 Å². The van der Waals surface area contributed by atoms with Crippen LogP contribution in [0.1, 0.15) is 86.0 Å². The van der Waals surface area contributed by atoms with Crippen molar-refractivity contribution in [2.75, 3.05) is 20.6 Å². The summed E-state index contributed by atoms with van der Waals surface area (Å²) in [5, 5.41) is 10.8. The summed E-state index contributed by atoms with van der Waals surface area (Å²) < 4.78 is 0. The SMILES string of the molecule is CCCCCCCCCC(CNC(C)(C)C(C)C)(NC)NC. The summed E-state index contributed by atoms with van der Waals surface area (Å²) in [6.07, 6.45) is 10.7. The van der Waals surface area contributed by atoms with Crippen molar-refractivity contribution in [3.05, 3.63) is 0 Å². The third kappa shape index (κ3) is 8.50. The Labute approximate surface area is 140 Å². The number of hydrogen-bond donors (Lipinski definition) is 3. The molecule has 0 aromatic carbocycles. The molecule has 0 radical (unpaired) electrons. The summed E-state index contributed by atoms with van der Waals surface area (Å²) >= 11 is 0. The van der Waals surface area contributed by atoms with Gasteiger partial charge in [-0.05, 0) is 40.3 Å². The van der Waals surface area contributed by atoms with E-state index in [1.54, 1.807) is 0 Å². The van der Waals surface area contributed by atoms with Crippen molar-refractivity contribution in [1.29, 1.82) is 0 Å². The Bertz CT molecular complexity index is 257. The smallest absolute Gasteiger partial charge is 0.0810 e. The molecule has 0 heterocycles. The molecule has 0 spiro atoms. The molecule has 134 valence electrons. The van der Waals surface area contributed by atoms with E-state index < -0.39 is 0 Å². The van der Waals surface area contributed by atoms with Crippen molar-refractivity contribution in [3.8, 4) is 0 Å². The highest BCUT2D eigenvalue weighted by Crippen LogP contribution is 2.18. The molecule has 0 aliphatic rings. The Balaban J connectivity index is 4.16. The van der Waals surface area contributed by atoms with Gasteiger partial charge in [-0.15, -0.1) is 0 Å². The van der Waals surface area contributed by atoms with Gasteiger partial charge in [-0.3, -0.25) is 0 Å². The topological polar surface area (TPSA) is 36.1 Å². The van der Waals surface area contributed by atoms with Gasteiger partial charge in [0, 0.05) is 12.1 Å². The van der Waals surface area contributed by atoms with E-state index in [0.717, 1.165) is 6.54 Å². The van der Waals surface area contributed by atoms with Crippen LogP contribution in [0, 0.1) is 5.92 Å². The first-order valence-corrected chi connectivity index (χ1v) is 9.46. The van der Waals surface area contributed by atoms with Crippen molar-refractivity contribution in [1.82, 2.24) is 16.0 Å². The average molecular weight is 314 g/mol. The Kier molecular flexibility index (Phi) is 11.4. The van der Waals surface area contributed by atoms with Crippen LogP contribution in [-0.2, 0) is 0 Å². The molecule has 0 aromatic rings. The lowest BCUT2D eigenvalue weighted by Gasteiger charge is -2.39. The summed E-state index contributed by atoms with van der Waals surface area (Å²) in [6.45, 7) is 12.4. The van der Waals surface area contributed by atoms with Crippen LogP contribution in [-0.4, -0.2) is 31.8 Å². The van der Waals surface area contributed by atoms with Crippen LogP contribution in [0.3, 0.4) is 0 Å². The zero-order chi connectivity index (χ0) is 17.1. The molecule has 0 atom stereocenters. The predicted octanol–water partition coefficient (Wildman–Crippen LogP) is 4.29. The van der Waals surface area contributed by atoms with E-state index in [1.807, 2.05) is 0 Å². The summed E-state index contributed by atoms with van der Waals surface area (Å²) in [5.74, 6) is 0.623. The third-order valence-corrected chi connectivity index (χ3v) is 5.45. The van der Waals surface area contributed by atoms with E-state index in [1.165, 1.54) is 51.4 Å². The van der Waals surface area contributed by atoms with Gasteiger partial charge in [0.2, 0.25) is 0 Å². The average Bonchev–Trinajstić information content (AvgIpc) is 2.49. The van der Waals surface area contributed by atoms with Crippen molar-refractivity contribution < 1.29 is 0 Å². The normalized spacial score (nSPS) is 13.1. The second-order valence-electron chi connectivity index (χ2n) is 7.68. The third-order valence-electron chi connectivity index (χ3n) is 5.45. The zero-order valence-corrected chi connectivity index (χ0v) is 16.4. The summed E-state index contributed by atoms with van der Waals surface area (Å²) in [5.41, 5.74) is 0.175. The molecular formula is C19H43N3. The van der Waals surface area contributed by atoms with Gasteiger partial charge in [-0.1, -0.05) is 65.7 Å². The summed E-state index contributed by atoms with van der Waals surface area (Å²) in [4.78, 5) is 0. The molecule has 0 fully saturated rings. The van der Waals surface area contributed by atoms with Gasteiger partial charge in [0.1, 0.15) is 0 Å². The largest absolute Gasteiger partial charge is 0.308 e. The second kappa shape index (κ2) is 11.4. The van der Waals surface area contributed by atoms with Crippen molar-refractivity contribution >= 4 is 0 Å². The van der Waals surface area contributed by atoms with Gasteiger partial charge in [-0.2, -0.15) is 0 Å². The van der Waals surface area contributed by atoms with E-state index in [2.05, 4.69) is 64.7 Å². The predicted molar refractivity (Wildman–Crippen MR) is 100 cm³/mol. The Morgan fingerprint density at radius 2 is 1.32 bits per heavy atom. The van der Waals surface area contributed by atoms with Crippen LogP contribution in [0.5, 0.6) is 0 Å². The van der Waals surface area contributed by atoms with Crippen LogP contribution < -0.4 is 16.0 Å². The number of likely N-dealkylation sites (N-methyl/N-ethyl adjacent to an activating group) is 2. The van der Waals surface area contributed by atoms with Gasteiger partial charge in [0.05, 0.1) is 5.66 Å². The molecule has 0 unspecified atom stereocenters. The minimum Gasteiger partial charge on any atom is -0.308 e. The standard InChI is InChI=1S/C19H43N3/c1-8-9-10-11-12-13-14-15-19(20-6,21-7)16-22-18(4,5)17(2)3/h17,20-22H,8-16H2,1-7H3. The molecule has 0 rings (SSSR count). The van der Waals surface area contributed by atoms with Gasteiger partial charge in [0.25, 0.3) is 0 Å². The molecule has 0 amide bonds. The first kappa shape index (κ1) is 21.9. The van der Waals surface area contributed by atoms with E-state index in [4.69, 9.17) is 0 Å². The van der Waals surface area contributed by atoms with E-state index in [0.29, 0.717) is 5.92 Å². The van der Waals surface area contributed by atoms with Crippen LogP contribution >= 0.6 is 0 Å². The maximum absolute atomic E-state index is 3.75. The Morgan fingerprint density at radius 1 is 0.818 bits per heavy atom. The molecule has 0 aliphatic carbocycles. The number of nitrogens with one attached hydrogen (secondary N) is 3. The van der Waals surface area contributed by atoms with Crippen molar-refractivity contribution in [2.24, 2.45) is 5.92 Å². The summed E-state index contributed by atoms with van der Waals surface area (Å²) in [6, 6.07) is 0. The molecule has 3 heteroatoms. The molecule has 0 bridgehead atoms. The zero-order valence-electron chi connectivity index (χ0n) is 16.4. The lowest BCUT2D eigenvalue weighted by molar-refractivity contribution is 0.199. The van der Waals surface area contributed by atoms with Crippen molar-refractivity contribution in [3.63, 3.8) is 0 Å². The molecule has 0 saturated heterocycles. The maximum atomic E-state index is 3.75. The summed E-state index contributed by atoms with van der Waals surface area (Å²) in [7, 11) is 4.14. The highest BCUT2D eigenvalue weighted by atomic mass is 15.2. The lowest BCUT2D eigenvalue weighted by atomic mass is 9.89. The maximum Gasteiger partial charge on any atom is 0.0810 e. The molecule has 0 aromatic heterocycles. The molecule has 3 nitrogen and oxygen atoms in total. The van der Waals surface area contributed by atoms with Gasteiger partial charge in [0.15, 0.2) is 0 Å². The van der Waals surface area contributed by atoms with Gasteiger partial charge >= 0.3 is 0 Å². The van der Waals surface area contributed by atoms with Crippen molar-refractivity contribution in [2.45, 2.75) is 97.2 Å². The van der Waals surface area contributed by atoms with Crippen LogP contribution in [0.4, 0.5) is 0 Å².